The number of para-hydroxylation sites is 1. The zero-order valence-corrected chi connectivity index (χ0v) is 19.3. The summed E-state index contributed by atoms with van der Waals surface area (Å²) >= 11 is 1.23. The summed E-state index contributed by atoms with van der Waals surface area (Å²) in [4.78, 5) is 35.1. The summed E-state index contributed by atoms with van der Waals surface area (Å²) in [5, 5.41) is 11.6. The molecule has 172 valence electrons. The lowest BCUT2D eigenvalue weighted by Gasteiger charge is -2.15. The summed E-state index contributed by atoms with van der Waals surface area (Å²) < 4.78 is 5.89. The third-order valence-electron chi connectivity index (χ3n) is 5.15. The van der Waals surface area contributed by atoms with Crippen LogP contribution in [0.5, 0.6) is 0 Å². The fourth-order valence-electron chi connectivity index (χ4n) is 3.53. The summed E-state index contributed by atoms with van der Waals surface area (Å²) in [6.45, 7) is 1.88. The van der Waals surface area contributed by atoms with Gasteiger partial charge < -0.3 is 4.42 Å². The van der Waals surface area contributed by atoms with Gasteiger partial charge in [0.25, 0.3) is 11.6 Å². The van der Waals surface area contributed by atoms with Gasteiger partial charge in [0.05, 0.1) is 15.5 Å². The summed E-state index contributed by atoms with van der Waals surface area (Å²) in [6, 6.07) is 24.4. The van der Waals surface area contributed by atoms with Gasteiger partial charge in [-0.3, -0.25) is 19.8 Å². The molecule has 5 rings (SSSR count). The number of furan rings is 1. The molecule has 0 aliphatic carbocycles. The van der Waals surface area contributed by atoms with Gasteiger partial charge in [0, 0.05) is 29.5 Å². The van der Waals surface area contributed by atoms with Gasteiger partial charge in [-0.05, 0) is 55.1 Å². The first-order valence-electron chi connectivity index (χ1n) is 10.6. The van der Waals surface area contributed by atoms with Crippen LogP contribution >= 0.6 is 11.8 Å². The third kappa shape index (κ3) is 4.75. The summed E-state index contributed by atoms with van der Waals surface area (Å²) in [5.41, 5.74) is 2.07. The molecule has 0 spiro atoms. The Hall–Kier alpha value is -4.50. The highest BCUT2D eigenvalue weighted by Crippen LogP contribution is 2.37. The lowest BCUT2D eigenvalue weighted by Crippen LogP contribution is -2.28. The van der Waals surface area contributed by atoms with E-state index in [4.69, 9.17) is 4.42 Å². The zero-order valence-electron chi connectivity index (χ0n) is 18.5. The molecule has 2 aromatic carbocycles. The minimum absolute atomic E-state index is 0.0237. The SMILES string of the molecule is Cc1cccc(/N=C2/S/C(=C/c3ccc(-c4cccc([N+](=O)[O-])c4)o3)C(=O)N2c2ccccc2)n1. The smallest absolute Gasteiger partial charge is 0.271 e. The van der Waals surface area contributed by atoms with Gasteiger partial charge in [0.2, 0.25) is 0 Å². The number of aliphatic imine (C=N–C) groups is 1. The number of anilines is 1. The van der Waals surface area contributed by atoms with Crippen LogP contribution in [0.25, 0.3) is 17.4 Å². The van der Waals surface area contributed by atoms with E-state index in [0.29, 0.717) is 38.7 Å². The second kappa shape index (κ2) is 9.40. The van der Waals surface area contributed by atoms with Crippen molar-refractivity contribution in [3.8, 4) is 11.3 Å². The Bertz CT molecular complexity index is 1490. The van der Waals surface area contributed by atoms with E-state index in [2.05, 4.69) is 9.98 Å². The molecular weight excluding hydrogens is 464 g/mol. The van der Waals surface area contributed by atoms with Crippen molar-refractivity contribution in [3.63, 3.8) is 0 Å². The predicted molar refractivity (Wildman–Crippen MR) is 136 cm³/mol. The number of nitro groups is 1. The third-order valence-corrected chi connectivity index (χ3v) is 6.12. The molecule has 1 saturated heterocycles. The molecule has 8 nitrogen and oxygen atoms in total. The van der Waals surface area contributed by atoms with Crippen LogP contribution in [0.2, 0.25) is 0 Å². The molecule has 1 aliphatic heterocycles. The highest BCUT2D eigenvalue weighted by Gasteiger charge is 2.35. The summed E-state index contributed by atoms with van der Waals surface area (Å²) in [7, 11) is 0. The molecule has 1 aliphatic rings. The minimum Gasteiger partial charge on any atom is -0.457 e. The van der Waals surface area contributed by atoms with Crippen molar-refractivity contribution in [2.75, 3.05) is 4.90 Å². The molecular formula is C26H18N4O4S. The van der Waals surface area contributed by atoms with Gasteiger partial charge in [0.15, 0.2) is 11.0 Å². The first-order chi connectivity index (χ1) is 17.0. The van der Waals surface area contributed by atoms with Gasteiger partial charge in [0.1, 0.15) is 11.5 Å². The molecule has 1 amide bonds. The van der Waals surface area contributed by atoms with Gasteiger partial charge in [-0.2, -0.15) is 0 Å². The molecule has 1 fully saturated rings. The van der Waals surface area contributed by atoms with E-state index < -0.39 is 4.92 Å². The van der Waals surface area contributed by atoms with E-state index in [1.807, 2.05) is 49.4 Å². The second-order valence-corrected chi connectivity index (χ2v) is 8.64. The van der Waals surface area contributed by atoms with Crippen molar-refractivity contribution >= 4 is 46.1 Å². The van der Waals surface area contributed by atoms with Crippen LogP contribution in [-0.2, 0) is 4.79 Å². The van der Waals surface area contributed by atoms with Crippen LogP contribution in [-0.4, -0.2) is 21.0 Å². The Morgan fingerprint density at radius 1 is 1.03 bits per heavy atom. The van der Waals surface area contributed by atoms with Crippen molar-refractivity contribution in [2.45, 2.75) is 6.92 Å². The Morgan fingerprint density at radius 2 is 1.83 bits per heavy atom. The number of nitrogens with zero attached hydrogens (tertiary/aromatic N) is 4. The van der Waals surface area contributed by atoms with Crippen LogP contribution in [0.15, 0.2) is 99.2 Å². The monoisotopic (exact) mass is 482 g/mol. The molecule has 4 aromatic rings. The molecule has 0 bridgehead atoms. The molecule has 0 N–H and O–H groups in total. The van der Waals surface area contributed by atoms with Crippen LogP contribution in [0, 0.1) is 17.0 Å². The zero-order chi connectivity index (χ0) is 24.4. The van der Waals surface area contributed by atoms with Crippen LogP contribution < -0.4 is 4.90 Å². The van der Waals surface area contributed by atoms with E-state index in [1.54, 1.807) is 41.3 Å². The van der Waals surface area contributed by atoms with Crippen molar-refractivity contribution in [1.29, 1.82) is 0 Å². The Kier molecular flexibility index (Phi) is 5.99. The number of hydrogen-bond acceptors (Lipinski definition) is 7. The summed E-state index contributed by atoms with van der Waals surface area (Å²) in [6.07, 6.45) is 1.65. The highest BCUT2D eigenvalue weighted by atomic mass is 32.2. The number of non-ortho nitro benzene ring substituents is 1. The fourth-order valence-corrected chi connectivity index (χ4v) is 4.50. The average molecular weight is 483 g/mol. The maximum atomic E-state index is 13.4. The molecule has 0 radical (unpaired) electrons. The first-order valence-corrected chi connectivity index (χ1v) is 11.5. The normalized spacial score (nSPS) is 15.8. The van der Waals surface area contributed by atoms with Gasteiger partial charge in [-0.25, -0.2) is 9.98 Å². The number of aryl methyl sites for hydroxylation is 1. The topological polar surface area (TPSA) is 102 Å². The maximum absolute atomic E-state index is 13.4. The van der Waals surface area contributed by atoms with Crippen molar-refractivity contribution in [2.24, 2.45) is 4.99 Å². The predicted octanol–water partition coefficient (Wildman–Crippen LogP) is 6.37. The number of rotatable bonds is 5. The quantitative estimate of drug-likeness (QED) is 0.186. The number of thioether (sulfide) groups is 1. The molecule has 2 aromatic heterocycles. The molecule has 0 unspecified atom stereocenters. The van der Waals surface area contributed by atoms with Crippen LogP contribution in [0.1, 0.15) is 11.5 Å². The van der Waals surface area contributed by atoms with Crippen molar-refractivity contribution in [3.05, 3.63) is 111 Å². The number of hydrogen-bond donors (Lipinski definition) is 0. The number of pyridine rings is 1. The molecule has 9 heteroatoms. The van der Waals surface area contributed by atoms with Gasteiger partial charge >= 0.3 is 0 Å². The number of benzene rings is 2. The Morgan fingerprint density at radius 3 is 2.60 bits per heavy atom. The van der Waals surface area contributed by atoms with E-state index in [0.717, 1.165) is 5.69 Å². The van der Waals surface area contributed by atoms with E-state index in [1.165, 1.54) is 23.9 Å². The Balaban J connectivity index is 1.50. The molecule has 0 atom stereocenters. The number of aromatic nitrogens is 1. The Labute approximate surface area is 204 Å². The van der Waals surface area contributed by atoms with Gasteiger partial charge in [-0.15, -0.1) is 0 Å². The molecule has 35 heavy (non-hydrogen) atoms. The summed E-state index contributed by atoms with van der Waals surface area (Å²) in [5.74, 6) is 1.19. The average Bonchev–Trinajstić information content (AvgIpc) is 3.44. The van der Waals surface area contributed by atoms with E-state index >= 15 is 0 Å². The second-order valence-electron chi connectivity index (χ2n) is 7.63. The van der Waals surface area contributed by atoms with Crippen molar-refractivity contribution < 1.29 is 14.1 Å². The van der Waals surface area contributed by atoms with Crippen molar-refractivity contribution in [1.82, 2.24) is 4.98 Å². The fraction of sp³-hybridized carbons (Fsp3) is 0.0385. The first kappa shape index (κ1) is 22.3. The van der Waals surface area contributed by atoms with Gasteiger partial charge in [-0.1, -0.05) is 36.4 Å². The minimum atomic E-state index is -0.453. The van der Waals surface area contributed by atoms with Crippen LogP contribution in [0.4, 0.5) is 17.2 Å². The number of nitro benzene ring substituents is 1. The standard InChI is InChI=1S/C26H18N4O4S/c1-17-7-5-12-24(27-17)28-26-29(19-9-3-2-4-10-19)25(31)23(35-26)16-21-13-14-22(34-21)18-8-6-11-20(15-18)30(32)33/h2-16H,1H3/b23-16+,28-26+. The van der Waals surface area contributed by atoms with E-state index in [-0.39, 0.29) is 11.6 Å². The number of carbonyl (C=O) groups is 1. The van der Waals surface area contributed by atoms with Crippen LogP contribution in [0.3, 0.4) is 0 Å². The highest BCUT2D eigenvalue weighted by molar-refractivity contribution is 8.19. The number of amidine groups is 1. The maximum Gasteiger partial charge on any atom is 0.271 e. The largest absolute Gasteiger partial charge is 0.457 e. The van der Waals surface area contributed by atoms with E-state index in [9.17, 15) is 14.9 Å². The lowest BCUT2D eigenvalue weighted by molar-refractivity contribution is -0.384. The number of amides is 1. The lowest BCUT2D eigenvalue weighted by atomic mass is 10.1. The number of carbonyl (C=O) groups excluding carboxylic acids is 1. The molecule has 3 heterocycles. The molecule has 0 saturated carbocycles.